The molecule has 1 amide bonds. The number of carbonyl (C=O) groups is 2. The maximum atomic E-state index is 13.0. The molecule has 4 aromatic rings. The molecule has 0 saturated carbocycles. The third kappa shape index (κ3) is 6.89. The fraction of sp³-hybridized carbons (Fsp3) is 0.303. The maximum absolute atomic E-state index is 13.0. The summed E-state index contributed by atoms with van der Waals surface area (Å²) in [5.74, 6) is -0.558. The lowest BCUT2D eigenvalue weighted by Crippen LogP contribution is -2.22. The topological polar surface area (TPSA) is 104 Å². The summed E-state index contributed by atoms with van der Waals surface area (Å²) in [5.41, 5.74) is 7.18. The summed E-state index contributed by atoms with van der Waals surface area (Å²) in [6, 6.07) is 21.2. The standard InChI is InChI=1S/C31H31N3O4.C2H6/c1-19(2)24-7-5-6-22(12-24)16-33-31(37)25-10-11-28-27(14-25)20(3)21(4)34(28)17-23-8-9-26(15-32)29(13-23)38-18-30(35)36;1-2/h5-14,19H,16-18H2,1-4H3,(H,33,37)(H,35,36);1-2H3. The summed E-state index contributed by atoms with van der Waals surface area (Å²) in [4.78, 5) is 23.9. The molecule has 40 heavy (non-hydrogen) atoms. The van der Waals surface area contributed by atoms with E-state index in [1.165, 1.54) is 5.56 Å². The van der Waals surface area contributed by atoms with Crippen LogP contribution in [0.15, 0.2) is 60.7 Å². The first kappa shape index (κ1) is 30.0. The van der Waals surface area contributed by atoms with Gasteiger partial charge in [0.05, 0.1) is 5.56 Å². The van der Waals surface area contributed by atoms with Gasteiger partial charge in [0.1, 0.15) is 11.8 Å². The minimum Gasteiger partial charge on any atom is -0.481 e. The van der Waals surface area contributed by atoms with Gasteiger partial charge >= 0.3 is 5.97 Å². The molecular formula is C33H37N3O4. The summed E-state index contributed by atoms with van der Waals surface area (Å²) >= 11 is 0. The van der Waals surface area contributed by atoms with Gasteiger partial charge in [-0.25, -0.2) is 4.79 Å². The minimum atomic E-state index is -1.11. The van der Waals surface area contributed by atoms with E-state index in [1.54, 1.807) is 12.1 Å². The number of aromatic nitrogens is 1. The van der Waals surface area contributed by atoms with Crippen molar-refractivity contribution in [2.24, 2.45) is 0 Å². The second kappa shape index (κ2) is 13.5. The van der Waals surface area contributed by atoms with Crippen molar-refractivity contribution in [3.63, 3.8) is 0 Å². The van der Waals surface area contributed by atoms with Crippen molar-refractivity contribution >= 4 is 22.8 Å². The lowest BCUT2D eigenvalue weighted by molar-refractivity contribution is -0.139. The van der Waals surface area contributed by atoms with Crippen LogP contribution >= 0.6 is 0 Å². The Balaban J connectivity index is 0.00000216. The molecule has 0 bridgehead atoms. The van der Waals surface area contributed by atoms with Crippen molar-refractivity contribution in [3.8, 4) is 11.8 Å². The Morgan fingerprint density at radius 3 is 2.45 bits per heavy atom. The van der Waals surface area contributed by atoms with Gasteiger partial charge in [0, 0.05) is 35.2 Å². The first-order chi connectivity index (χ1) is 19.2. The van der Waals surface area contributed by atoms with E-state index in [0.29, 0.717) is 24.6 Å². The van der Waals surface area contributed by atoms with Crippen molar-refractivity contribution in [1.29, 1.82) is 5.26 Å². The number of aryl methyl sites for hydroxylation is 1. The van der Waals surface area contributed by atoms with Crippen LogP contribution in [-0.4, -0.2) is 28.2 Å². The Morgan fingerprint density at radius 1 is 1.02 bits per heavy atom. The highest BCUT2D eigenvalue weighted by Gasteiger charge is 2.16. The van der Waals surface area contributed by atoms with Crippen LogP contribution in [0.5, 0.6) is 5.75 Å². The monoisotopic (exact) mass is 539 g/mol. The predicted octanol–water partition coefficient (Wildman–Crippen LogP) is 6.72. The molecule has 0 aliphatic carbocycles. The molecule has 0 radical (unpaired) electrons. The van der Waals surface area contributed by atoms with Crippen LogP contribution < -0.4 is 10.1 Å². The van der Waals surface area contributed by atoms with E-state index >= 15 is 0 Å². The predicted molar refractivity (Wildman–Crippen MR) is 158 cm³/mol. The van der Waals surface area contributed by atoms with Crippen molar-refractivity contribution in [3.05, 3.63) is 99.7 Å². The van der Waals surface area contributed by atoms with Gasteiger partial charge in [-0.15, -0.1) is 0 Å². The number of benzene rings is 3. The normalized spacial score (nSPS) is 10.6. The number of nitrogens with zero attached hydrogens (tertiary/aromatic N) is 2. The van der Waals surface area contributed by atoms with E-state index in [1.807, 2.05) is 70.2 Å². The Kier molecular flexibility index (Phi) is 10.1. The largest absolute Gasteiger partial charge is 0.481 e. The molecule has 4 rings (SSSR count). The number of carbonyl (C=O) groups excluding carboxylic acids is 1. The third-order valence-corrected chi connectivity index (χ3v) is 6.83. The van der Waals surface area contributed by atoms with Crippen molar-refractivity contribution in [1.82, 2.24) is 9.88 Å². The van der Waals surface area contributed by atoms with Crippen LogP contribution in [0.3, 0.4) is 0 Å². The molecule has 1 heterocycles. The van der Waals surface area contributed by atoms with Gasteiger partial charge in [-0.2, -0.15) is 5.26 Å². The maximum Gasteiger partial charge on any atom is 0.341 e. The molecule has 7 nitrogen and oxygen atoms in total. The van der Waals surface area contributed by atoms with Gasteiger partial charge < -0.3 is 19.7 Å². The van der Waals surface area contributed by atoms with Crippen LogP contribution in [0, 0.1) is 25.2 Å². The van der Waals surface area contributed by atoms with Gasteiger partial charge in [-0.05, 0) is 72.4 Å². The van der Waals surface area contributed by atoms with Gasteiger partial charge in [-0.3, -0.25) is 4.79 Å². The van der Waals surface area contributed by atoms with Crippen molar-refractivity contribution in [2.45, 2.75) is 60.5 Å². The number of aliphatic carboxylic acids is 1. The first-order valence-electron chi connectivity index (χ1n) is 13.5. The Bertz CT molecular complexity index is 1560. The summed E-state index contributed by atoms with van der Waals surface area (Å²) in [6.45, 7) is 12.8. The Labute approximate surface area is 236 Å². The number of fused-ring (bicyclic) bond motifs is 1. The third-order valence-electron chi connectivity index (χ3n) is 6.83. The zero-order valence-corrected chi connectivity index (χ0v) is 24.0. The average Bonchev–Trinajstić information content (AvgIpc) is 3.20. The molecule has 208 valence electrons. The number of amides is 1. The molecule has 0 saturated heterocycles. The Hall–Kier alpha value is -4.57. The number of rotatable bonds is 9. The van der Waals surface area contributed by atoms with E-state index in [2.05, 4.69) is 35.9 Å². The fourth-order valence-electron chi connectivity index (χ4n) is 4.54. The minimum absolute atomic E-state index is 0.126. The summed E-state index contributed by atoms with van der Waals surface area (Å²) in [7, 11) is 0. The molecule has 0 unspecified atom stereocenters. The molecule has 2 N–H and O–H groups in total. The van der Waals surface area contributed by atoms with Crippen LogP contribution in [0.1, 0.15) is 77.5 Å². The van der Waals surface area contributed by atoms with E-state index in [-0.39, 0.29) is 17.2 Å². The molecule has 3 aromatic carbocycles. The number of nitrogens with one attached hydrogen (secondary N) is 1. The van der Waals surface area contributed by atoms with E-state index in [0.717, 1.165) is 33.3 Å². The molecule has 0 atom stereocenters. The average molecular weight is 540 g/mol. The highest BCUT2D eigenvalue weighted by Crippen LogP contribution is 2.29. The summed E-state index contributed by atoms with van der Waals surface area (Å²) in [6.07, 6.45) is 0. The van der Waals surface area contributed by atoms with Crippen molar-refractivity contribution < 1.29 is 19.4 Å². The number of carboxylic acid groups (broad SMARTS) is 1. The molecule has 7 heteroatoms. The zero-order valence-electron chi connectivity index (χ0n) is 24.0. The van der Waals surface area contributed by atoms with Crippen LogP contribution in [0.25, 0.3) is 10.9 Å². The SMILES string of the molecule is CC.Cc1c(C)n(Cc2ccc(C#N)c(OCC(=O)O)c2)c2ccc(C(=O)NCc3cccc(C(C)C)c3)cc12. The van der Waals surface area contributed by atoms with E-state index < -0.39 is 12.6 Å². The number of carboxylic acids is 1. The molecule has 0 spiro atoms. The number of nitriles is 1. The first-order valence-corrected chi connectivity index (χ1v) is 13.5. The van der Waals surface area contributed by atoms with Gasteiger partial charge in [-0.1, -0.05) is 58.0 Å². The lowest BCUT2D eigenvalue weighted by Gasteiger charge is -2.12. The van der Waals surface area contributed by atoms with Crippen LogP contribution in [-0.2, 0) is 17.9 Å². The zero-order chi connectivity index (χ0) is 29.4. The number of hydrogen-bond donors (Lipinski definition) is 2. The van der Waals surface area contributed by atoms with Crippen LogP contribution in [0.4, 0.5) is 0 Å². The van der Waals surface area contributed by atoms with Crippen molar-refractivity contribution in [2.75, 3.05) is 6.61 Å². The van der Waals surface area contributed by atoms with Gasteiger partial charge in [0.15, 0.2) is 6.61 Å². The quantitative estimate of drug-likeness (QED) is 0.246. The lowest BCUT2D eigenvalue weighted by atomic mass is 10.0. The summed E-state index contributed by atoms with van der Waals surface area (Å²) in [5, 5.41) is 22.3. The highest BCUT2D eigenvalue weighted by molar-refractivity contribution is 5.99. The second-order valence-corrected chi connectivity index (χ2v) is 9.74. The summed E-state index contributed by atoms with van der Waals surface area (Å²) < 4.78 is 7.48. The van der Waals surface area contributed by atoms with Gasteiger partial charge in [0.2, 0.25) is 0 Å². The Morgan fingerprint density at radius 2 is 1.77 bits per heavy atom. The molecule has 1 aromatic heterocycles. The molecular weight excluding hydrogens is 502 g/mol. The van der Waals surface area contributed by atoms with Gasteiger partial charge in [0.25, 0.3) is 5.91 Å². The highest BCUT2D eigenvalue weighted by atomic mass is 16.5. The molecule has 0 fully saturated rings. The number of ether oxygens (including phenoxy) is 1. The molecule has 0 aliphatic heterocycles. The van der Waals surface area contributed by atoms with E-state index in [9.17, 15) is 14.9 Å². The smallest absolute Gasteiger partial charge is 0.341 e. The number of hydrogen-bond acceptors (Lipinski definition) is 4. The fourth-order valence-corrected chi connectivity index (χ4v) is 4.54. The molecule has 0 aliphatic rings. The second-order valence-electron chi connectivity index (χ2n) is 9.74. The van der Waals surface area contributed by atoms with E-state index in [4.69, 9.17) is 9.84 Å². The van der Waals surface area contributed by atoms with Crippen LogP contribution in [0.2, 0.25) is 0 Å².